The van der Waals surface area contributed by atoms with E-state index < -0.39 is 0 Å². The van der Waals surface area contributed by atoms with Gasteiger partial charge in [-0.25, -0.2) is 0 Å². The van der Waals surface area contributed by atoms with E-state index in [0.717, 1.165) is 25.7 Å². The first-order valence-electron chi connectivity index (χ1n) is 6.02. The number of hydrogen-bond donors (Lipinski definition) is 3. The second-order valence-corrected chi connectivity index (χ2v) is 4.58. The molecule has 0 heterocycles. The minimum atomic E-state index is -0.164. The van der Waals surface area contributed by atoms with Gasteiger partial charge in [0.2, 0.25) is 0 Å². The summed E-state index contributed by atoms with van der Waals surface area (Å²) in [5.41, 5.74) is 6.45. The Morgan fingerprint density at radius 1 is 1.35 bits per heavy atom. The summed E-state index contributed by atoms with van der Waals surface area (Å²) in [4.78, 5) is 11.9. The molecule has 4 heteroatoms. The minimum Gasteiger partial charge on any atom is -0.508 e. The van der Waals surface area contributed by atoms with Crippen LogP contribution < -0.4 is 11.1 Å². The molecule has 17 heavy (non-hydrogen) atoms. The molecule has 0 unspecified atom stereocenters. The fraction of sp³-hybridized carbons (Fsp3) is 0.462. The summed E-state index contributed by atoms with van der Waals surface area (Å²) in [6.07, 6.45) is 4.15. The third-order valence-electron chi connectivity index (χ3n) is 3.24. The molecule has 0 bridgehead atoms. The van der Waals surface area contributed by atoms with Gasteiger partial charge >= 0.3 is 0 Å². The van der Waals surface area contributed by atoms with E-state index in [0.29, 0.717) is 5.56 Å². The molecule has 1 amide bonds. The molecule has 2 rings (SSSR count). The van der Waals surface area contributed by atoms with Crippen molar-refractivity contribution in [2.45, 2.75) is 37.8 Å². The van der Waals surface area contributed by atoms with Crippen molar-refractivity contribution < 1.29 is 9.90 Å². The SMILES string of the molecule is N[C@@H]1CCCC[C@H]1NC(=O)c1cccc(O)c1. The first-order chi connectivity index (χ1) is 8.16. The van der Waals surface area contributed by atoms with E-state index in [1.807, 2.05) is 0 Å². The average molecular weight is 234 g/mol. The maximum Gasteiger partial charge on any atom is 0.251 e. The number of benzene rings is 1. The molecular formula is C13H18N2O2. The predicted octanol–water partition coefficient (Wildman–Crippen LogP) is 1.39. The molecule has 92 valence electrons. The van der Waals surface area contributed by atoms with Crippen molar-refractivity contribution in [3.63, 3.8) is 0 Å². The minimum absolute atomic E-state index is 0.0463. The first kappa shape index (κ1) is 11.9. The zero-order valence-corrected chi connectivity index (χ0v) is 9.73. The van der Waals surface area contributed by atoms with Crippen molar-refractivity contribution >= 4 is 5.91 Å². The first-order valence-corrected chi connectivity index (χ1v) is 6.02. The molecule has 0 aliphatic heterocycles. The largest absolute Gasteiger partial charge is 0.508 e. The van der Waals surface area contributed by atoms with Crippen LogP contribution in [0.4, 0.5) is 0 Å². The number of carbonyl (C=O) groups excluding carboxylic acids is 1. The van der Waals surface area contributed by atoms with Crippen molar-refractivity contribution in [3.05, 3.63) is 29.8 Å². The molecule has 1 aliphatic carbocycles. The average Bonchev–Trinajstić information content (AvgIpc) is 2.32. The second kappa shape index (κ2) is 5.19. The lowest BCUT2D eigenvalue weighted by atomic mass is 9.91. The number of nitrogens with two attached hydrogens (primary N) is 1. The van der Waals surface area contributed by atoms with Crippen LogP contribution in [-0.2, 0) is 0 Å². The smallest absolute Gasteiger partial charge is 0.251 e. The number of nitrogens with one attached hydrogen (secondary N) is 1. The lowest BCUT2D eigenvalue weighted by Gasteiger charge is -2.29. The van der Waals surface area contributed by atoms with Crippen LogP contribution in [0.2, 0.25) is 0 Å². The van der Waals surface area contributed by atoms with E-state index in [-0.39, 0.29) is 23.7 Å². The highest BCUT2D eigenvalue weighted by Gasteiger charge is 2.23. The molecule has 0 aromatic heterocycles. The topological polar surface area (TPSA) is 75.3 Å². The number of phenols is 1. The normalized spacial score (nSPS) is 24.3. The second-order valence-electron chi connectivity index (χ2n) is 4.58. The summed E-state index contributed by atoms with van der Waals surface area (Å²) < 4.78 is 0. The van der Waals surface area contributed by atoms with Crippen LogP contribution >= 0.6 is 0 Å². The Labute approximate surface area is 101 Å². The Morgan fingerprint density at radius 3 is 2.82 bits per heavy atom. The number of rotatable bonds is 2. The molecule has 4 N–H and O–H groups in total. The maximum absolute atomic E-state index is 11.9. The fourth-order valence-corrected chi connectivity index (χ4v) is 2.24. The Kier molecular flexibility index (Phi) is 3.64. The fourth-order valence-electron chi connectivity index (χ4n) is 2.24. The third kappa shape index (κ3) is 2.97. The molecule has 0 spiro atoms. The van der Waals surface area contributed by atoms with Crippen LogP contribution in [0.5, 0.6) is 5.75 Å². The molecule has 1 fully saturated rings. The summed E-state index contributed by atoms with van der Waals surface area (Å²) in [5, 5.41) is 12.3. The van der Waals surface area contributed by atoms with Crippen molar-refractivity contribution in [3.8, 4) is 5.75 Å². The van der Waals surface area contributed by atoms with Gasteiger partial charge in [0.1, 0.15) is 5.75 Å². The van der Waals surface area contributed by atoms with Crippen molar-refractivity contribution in [2.24, 2.45) is 5.73 Å². The highest BCUT2D eigenvalue weighted by Crippen LogP contribution is 2.18. The quantitative estimate of drug-likeness (QED) is 0.724. The van der Waals surface area contributed by atoms with Crippen LogP contribution in [0.25, 0.3) is 0 Å². The molecule has 1 aliphatic rings. The van der Waals surface area contributed by atoms with Gasteiger partial charge in [0, 0.05) is 17.6 Å². The zero-order valence-electron chi connectivity index (χ0n) is 9.73. The monoisotopic (exact) mass is 234 g/mol. The van der Waals surface area contributed by atoms with Crippen molar-refractivity contribution in [2.75, 3.05) is 0 Å². The molecule has 1 aromatic rings. The van der Waals surface area contributed by atoms with Gasteiger partial charge in [-0.2, -0.15) is 0 Å². The van der Waals surface area contributed by atoms with Gasteiger partial charge in [0.15, 0.2) is 0 Å². The summed E-state index contributed by atoms with van der Waals surface area (Å²) in [7, 11) is 0. The van der Waals surface area contributed by atoms with E-state index in [9.17, 15) is 9.90 Å². The Balaban J connectivity index is 2.01. The maximum atomic E-state index is 11.9. The van der Waals surface area contributed by atoms with Gasteiger partial charge in [-0.1, -0.05) is 18.9 Å². The van der Waals surface area contributed by atoms with Gasteiger partial charge in [0.25, 0.3) is 5.91 Å². The highest BCUT2D eigenvalue weighted by molar-refractivity contribution is 5.94. The van der Waals surface area contributed by atoms with Crippen molar-refractivity contribution in [1.29, 1.82) is 0 Å². The molecule has 1 aromatic carbocycles. The zero-order chi connectivity index (χ0) is 12.3. The van der Waals surface area contributed by atoms with Crippen LogP contribution in [0.15, 0.2) is 24.3 Å². The van der Waals surface area contributed by atoms with Crippen LogP contribution in [0.1, 0.15) is 36.0 Å². The predicted molar refractivity (Wildman–Crippen MR) is 65.8 cm³/mol. The number of phenolic OH excluding ortho intramolecular Hbond substituents is 1. The lowest BCUT2D eigenvalue weighted by Crippen LogP contribution is -2.49. The Bertz CT molecular complexity index is 406. The number of aromatic hydroxyl groups is 1. The van der Waals surface area contributed by atoms with E-state index in [1.54, 1.807) is 18.2 Å². The van der Waals surface area contributed by atoms with E-state index in [4.69, 9.17) is 5.73 Å². The summed E-state index contributed by atoms with van der Waals surface area (Å²) in [6.45, 7) is 0. The summed E-state index contributed by atoms with van der Waals surface area (Å²) in [6, 6.07) is 6.45. The number of carbonyl (C=O) groups is 1. The van der Waals surface area contributed by atoms with Crippen LogP contribution in [0, 0.1) is 0 Å². The molecular weight excluding hydrogens is 216 g/mol. The van der Waals surface area contributed by atoms with Gasteiger partial charge in [-0.3, -0.25) is 4.79 Å². The summed E-state index contributed by atoms with van der Waals surface area (Å²) in [5.74, 6) is -0.0613. The van der Waals surface area contributed by atoms with Gasteiger partial charge in [0.05, 0.1) is 0 Å². The van der Waals surface area contributed by atoms with Crippen LogP contribution in [-0.4, -0.2) is 23.1 Å². The molecule has 0 radical (unpaired) electrons. The standard InChI is InChI=1S/C13H18N2O2/c14-11-6-1-2-7-12(11)15-13(17)9-4-3-5-10(16)8-9/h3-5,8,11-12,16H,1-2,6-7,14H2,(H,15,17)/t11-,12-/m1/s1. The molecule has 1 saturated carbocycles. The van der Waals surface area contributed by atoms with Gasteiger partial charge in [-0.15, -0.1) is 0 Å². The van der Waals surface area contributed by atoms with Gasteiger partial charge < -0.3 is 16.2 Å². The van der Waals surface area contributed by atoms with Crippen LogP contribution in [0.3, 0.4) is 0 Å². The van der Waals surface area contributed by atoms with Crippen molar-refractivity contribution in [1.82, 2.24) is 5.32 Å². The molecule has 0 saturated heterocycles. The van der Waals surface area contributed by atoms with Gasteiger partial charge in [-0.05, 0) is 31.0 Å². The van der Waals surface area contributed by atoms with E-state index in [2.05, 4.69) is 5.32 Å². The summed E-state index contributed by atoms with van der Waals surface area (Å²) >= 11 is 0. The Morgan fingerprint density at radius 2 is 2.12 bits per heavy atom. The number of amides is 1. The van der Waals surface area contributed by atoms with E-state index in [1.165, 1.54) is 6.07 Å². The highest BCUT2D eigenvalue weighted by atomic mass is 16.3. The van der Waals surface area contributed by atoms with E-state index >= 15 is 0 Å². The number of hydrogen-bond acceptors (Lipinski definition) is 3. The molecule has 4 nitrogen and oxygen atoms in total. The lowest BCUT2D eigenvalue weighted by molar-refractivity contribution is 0.0921. The third-order valence-corrected chi connectivity index (χ3v) is 3.24. The Hall–Kier alpha value is -1.55. The molecule has 2 atom stereocenters.